The maximum Gasteiger partial charge on any atom is 0.310 e. The van der Waals surface area contributed by atoms with Crippen LogP contribution in [0.3, 0.4) is 0 Å². The Labute approximate surface area is 175 Å². The van der Waals surface area contributed by atoms with Crippen molar-refractivity contribution in [2.45, 2.75) is 25.6 Å². The number of nitrogens with zero attached hydrogens (tertiary/aromatic N) is 1. The molecule has 0 fully saturated rings. The minimum atomic E-state index is -1.24. The second-order valence-electron chi connectivity index (χ2n) is 6.34. The van der Waals surface area contributed by atoms with E-state index < -0.39 is 41.3 Å². The summed E-state index contributed by atoms with van der Waals surface area (Å²) in [6.45, 7) is 1.32. The Hall–Kier alpha value is -3.66. The van der Waals surface area contributed by atoms with Crippen molar-refractivity contribution in [1.82, 2.24) is 0 Å². The number of non-ortho nitro benzene ring substituents is 1. The molecule has 30 heavy (non-hydrogen) atoms. The van der Waals surface area contributed by atoms with E-state index in [2.05, 4.69) is 10.6 Å². The molecule has 2 N–H and O–H groups in total. The number of para-hydroxylation sites is 2. The van der Waals surface area contributed by atoms with Gasteiger partial charge in [0.25, 0.3) is 17.5 Å². The average molecular weight is 434 g/mol. The van der Waals surface area contributed by atoms with Gasteiger partial charge in [-0.05, 0) is 25.1 Å². The lowest BCUT2D eigenvalue weighted by Crippen LogP contribution is -2.40. The van der Waals surface area contributed by atoms with Crippen molar-refractivity contribution in [2.75, 3.05) is 10.6 Å². The quantitative estimate of drug-likeness (QED) is 0.406. The van der Waals surface area contributed by atoms with E-state index in [0.29, 0.717) is 11.4 Å². The molecule has 11 heteroatoms. The van der Waals surface area contributed by atoms with Gasteiger partial charge in [0.05, 0.1) is 27.7 Å². The number of ether oxygens (including phenoxy) is 2. The second kappa shape index (κ2) is 8.78. The number of carbonyl (C=O) groups excluding carboxylic acids is 3. The summed E-state index contributed by atoms with van der Waals surface area (Å²) in [5.74, 6) is -1.67. The third-order valence-electron chi connectivity index (χ3n) is 4.15. The lowest BCUT2D eigenvalue weighted by atomic mass is 10.1. The van der Waals surface area contributed by atoms with Crippen molar-refractivity contribution in [3.63, 3.8) is 0 Å². The first-order chi connectivity index (χ1) is 14.2. The molecular formula is C19H16ClN3O7. The highest BCUT2D eigenvalue weighted by atomic mass is 35.5. The van der Waals surface area contributed by atoms with E-state index in [1.807, 2.05) is 0 Å². The average Bonchev–Trinajstić information content (AvgIpc) is 2.69. The fourth-order valence-corrected chi connectivity index (χ4v) is 2.80. The molecule has 2 aromatic carbocycles. The van der Waals surface area contributed by atoms with Crippen LogP contribution in [0.5, 0.6) is 5.75 Å². The van der Waals surface area contributed by atoms with Gasteiger partial charge in [-0.1, -0.05) is 23.7 Å². The molecule has 2 atom stereocenters. The highest BCUT2D eigenvalue weighted by Gasteiger charge is 2.31. The molecule has 0 aliphatic carbocycles. The Morgan fingerprint density at radius 2 is 2.07 bits per heavy atom. The zero-order valence-electron chi connectivity index (χ0n) is 15.6. The molecule has 0 saturated carbocycles. The molecule has 3 rings (SSSR count). The topological polar surface area (TPSA) is 137 Å². The number of rotatable bonds is 6. The summed E-state index contributed by atoms with van der Waals surface area (Å²) >= 11 is 5.94. The number of hydrogen-bond acceptors (Lipinski definition) is 7. The Balaban J connectivity index is 1.58. The summed E-state index contributed by atoms with van der Waals surface area (Å²) in [4.78, 5) is 46.8. The van der Waals surface area contributed by atoms with Gasteiger partial charge in [-0.15, -0.1) is 0 Å². The fraction of sp³-hybridized carbons (Fsp3) is 0.211. The molecular weight excluding hydrogens is 418 g/mol. The summed E-state index contributed by atoms with van der Waals surface area (Å²) < 4.78 is 10.6. The van der Waals surface area contributed by atoms with Crippen molar-refractivity contribution in [3.05, 3.63) is 57.6 Å². The molecule has 10 nitrogen and oxygen atoms in total. The first-order valence-electron chi connectivity index (χ1n) is 8.75. The number of esters is 1. The minimum absolute atomic E-state index is 0.00497. The van der Waals surface area contributed by atoms with E-state index in [4.69, 9.17) is 21.1 Å². The van der Waals surface area contributed by atoms with Crippen molar-refractivity contribution >= 4 is 46.4 Å². The maximum atomic E-state index is 12.3. The molecule has 0 spiro atoms. The van der Waals surface area contributed by atoms with E-state index in [9.17, 15) is 24.5 Å². The molecule has 0 radical (unpaired) electrons. The van der Waals surface area contributed by atoms with Gasteiger partial charge < -0.3 is 20.1 Å². The van der Waals surface area contributed by atoms with E-state index in [1.54, 1.807) is 24.3 Å². The smallest absolute Gasteiger partial charge is 0.310 e. The minimum Gasteiger partial charge on any atom is -0.478 e. The molecule has 2 amide bonds. The van der Waals surface area contributed by atoms with Crippen molar-refractivity contribution in [2.24, 2.45) is 0 Å². The number of nitrogens with one attached hydrogen (secondary N) is 2. The highest BCUT2D eigenvalue weighted by Crippen LogP contribution is 2.30. The van der Waals surface area contributed by atoms with Crippen molar-refractivity contribution in [1.29, 1.82) is 0 Å². The lowest BCUT2D eigenvalue weighted by molar-refractivity contribution is -0.384. The lowest BCUT2D eigenvalue weighted by Gasteiger charge is -2.25. The van der Waals surface area contributed by atoms with Crippen LogP contribution in [0.15, 0.2) is 42.5 Å². The molecule has 0 bridgehead atoms. The molecule has 0 aromatic heterocycles. The Bertz CT molecular complexity index is 1030. The number of nitro benzene ring substituents is 1. The van der Waals surface area contributed by atoms with Gasteiger partial charge in [0.1, 0.15) is 5.75 Å². The molecule has 156 valence electrons. The summed E-state index contributed by atoms with van der Waals surface area (Å²) in [7, 11) is 0. The van der Waals surface area contributed by atoms with Crippen LogP contribution >= 0.6 is 11.6 Å². The third-order valence-corrected chi connectivity index (χ3v) is 4.48. The van der Waals surface area contributed by atoms with Gasteiger partial charge in [0.2, 0.25) is 0 Å². The van der Waals surface area contributed by atoms with Crippen LogP contribution < -0.4 is 15.4 Å². The molecule has 1 heterocycles. The summed E-state index contributed by atoms with van der Waals surface area (Å²) in [5, 5.41) is 15.9. The van der Waals surface area contributed by atoms with E-state index >= 15 is 0 Å². The first kappa shape index (κ1) is 21.1. The van der Waals surface area contributed by atoms with Gasteiger partial charge in [0.15, 0.2) is 12.2 Å². The monoisotopic (exact) mass is 433 g/mol. The molecule has 2 unspecified atom stereocenters. The highest BCUT2D eigenvalue weighted by molar-refractivity contribution is 6.33. The Morgan fingerprint density at radius 1 is 1.33 bits per heavy atom. The molecule has 2 aromatic rings. The zero-order chi connectivity index (χ0) is 21.8. The zero-order valence-corrected chi connectivity index (χ0v) is 16.3. The van der Waals surface area contributed by atoms with Gasteiger partial charge >= 0.3 is 5.97 Å². The summed E-state index contributed by atoms with van der Waals surface area (Å²) in [6.07, 6.45) is -2.75. The molecule has 1 aliphatic heterocycles. The molecule has 0 saturated heterocycles. The van der Waals surface area contributed by atoms with Crippen LogP contribution in [0.4, 0.5) is 17.1 Å². The molecule has 1 aliphatic rings. The van der Waals surface area contributed by atoms with Crippen molar-refractivity contribution in [3.8, 4) is 5.75 Å². The van der Waals surface area contributed by atoms with Crippen LogP contribution in [-0.4, -0.2) is 34.9 Å². The number of benzene rings is 2. The van der Waals surface area contributed by atoms with Crippen LogP contribution in [-0.2, 0) is 19.1 Å². The van der Waals surface area contributed by atoms with Crippen LogP contribution in [0.2, 0.25) is 5.02 Å². The number of nitro groups is 1. The van der Waals surface area contributed by atoms with Gasteiger partial charge in [-0.3, -0.25) is 24.5 Å². The Morgan fingerprint density at radius 3 is 2.80 bits per heavy atom. The number of carbonyl (C=O) groups is 3. The van der Waals surface area contributed by atoms with E-state index in [-0.39, 0.29) is 16.4 Å². The van der Waals surface area contributed by atoms with Gasteiger partial charge in [-0.25, -0.2) is 0 Å². The number of halogens is 1. The Kier molecular flexibility index (Phi) is 6.17. The number of anilines is 2. The second-order valence-corrected chi connectivity index (χ2v) is 6.75. The number of hydrogen-bond donors (Lipinski definition) is 2. The largest absolute Gasteiger partial charge is 0.478 e. The van der Waals surface area contributed by atoms with Crippen molar-refractivity contribution < 1.29 is 28.8 Å². The summed E-state index contributed by atoms with van der Waals surface area (Å²) in [5.41, 5.74) is 0.235. The number of amides is 2. The van der Waals surface area contributed by atoms with Crippen LogP contribution in [0, 0.1) is 10.1 Å². The predicted molar refractivity (Wildman–Crippen MR) is 106 cm³/mol. The van der Waals surface area contributed by atoms with Gasteiger partial charge in [0, 0.05) is 12.1 Å². The standard InChI is InChI=1S/C19H16ClN3O7/c1-10(18(25)22-14-8-11(23(27)28)6-7-12(14)20)29-17(24)9-16-19(26)21-13-4-2-3-5-15(13)30-16/h2-8,10,16H,9H2,1H3,(H,21,26)(H,22,25). The summed E-state index contributed by atoms with van der Waals surface area (Å²) in [6, 6.07) is 10.3. The third kappa shape index (κ3) is 4.84. The van der Waals surface area contributed by atoms with Crippen LogP contribution in [0.25, 0.3) is 0 Å². The van der Waals surface area contributed by atoms with E-state index in [1.165, 1.54) is 19.1 Å². The van der Waals surface area contributed by atoms with Gasteiger partial charge in [-0.2, -0.15) is 0 Å². The normalized spacial score (nSPS) is 15.8. The fourth-order valence-electron chi connectivity index (χ4n) is 2.63. The van der Waals surface area contributed by atoms with E-state index in [0.717, 1.165) is 6.07 Å². The predicted octanol–water partition coefficient (Wildman–Crippen LogP) is 2.91. The number of fused-ring (bicyclic) bond motifs is 1. The SMILES string of the molecule is CC(OC(=O)CC1Oc2ccccc2NC1=O)C(=O)Nc1cc([N+](=O)[O-])ccc1Cl. The first-order valence-corrected chi connectivity index (χ1v) is 9.13. The maximum absolute atomic E-state index is 12.3. The van der Waals surface area contributed by atoms with Crippen LogP contribution in [0.1, 0.15) is 13.3 Å².